The largest absolute Gasteiger partial charge is 0.493 e. The van der Waals surface area contributed by atoms with E-state index in [1.807, 2.05) is 44.3 Å². The maximum atomic E-state index is 5.70. The summed E-state index contributed by atoms with van der Waals surface area (Å²) in [4.78, 5) is 0. The van der Waals surface area contributed by atoms with E-state index in [1.165, 1.54) is 5.56 Å². The molecule has 0 amide bonds. The lowest BCUT2D eigenvalue weighted by Crippen LogP contribution is -2.02. The van der Waals surface area contributed by atoms with Gasteiger partial charge in [-0.05, 0) is 24.6 Å². The van der Waals surface area contributed by atoms with Crippen molar-refractivity contribution in [1.82, 2.24) is 9.78 Å². The van der Waals surface area contributed by atoms with Crippen LogP contribution in [0.15, 0.2) is 30.3 Å². The van der Waals surface area contributed by atoms with Crippen LogP contribution < -0.4 is 10.5 Å². The molecule has 0 aliphatic carbocycles. The third kappa shape index (κ3) is 3.00. The van der Waals surface area contributed by atoms with Gasteiger partial charge in [0.05, 0.1) is 12.3 Å². The van der Waals surface area contributed by atoms with Crippen LogP contribution in [0.1, 0.15) is 11.3 Å². The topological polar surface area (TPSA) is 53.1 Å². The molecule has 90 valence electrons. The molecule has 4 nitrogen and oxygen atoms in total. The molecule has 2 N–H and O–H groups in total. The van der Waals surface area contributed by atoms with Gasteiger partial charge in [0, 0.05) is 19.5 Å². The number of nitrogens with zero attached hydrogens (tertiary/aromatic N) is 2. The molecular formula is C13H17N3O. The summed E-state index contributed by atoms with van der Waals surface area (Å²) in [6.07, 6.45) is 0.763. The highest BCUT2D eigenvalue weighted by Gasteiger charge is 2.02. The summed E-state index contributed by atoms with van der Waals surface area (Å²) < 4.78 is 7.32. The summed E-state index contributed by atoms with van der Waals surface area (Å²) in [5.41, 5.74) is 7.86. The van der Waals surface area contributed by atoms with Gasteiger partial charge in [0.15, 0.2) is 0 Å². The highest BCUT2D eigenvalue weighted by Crippen LogP contribution is 2.13. The van der Waals surface area contributed by atoms with E-state index in [0.29, 0.717) is 12.4 Å². The second-order valence-electron chi connectivity index (χ2n) is 4.10. The Labute approximate surface area is 101 Å². The number of hydrogen-bond acceptors (Lipinski definition) is 3. The average Bonchev–Trinajstić information content (AvgIpc) is 2.58. The summed E-state index contributed by atoms with van der Waals surface area (Å²) in [6, 6.07) is 9.89. The molecule has 0 spiro atoms. The molecule has 0 aliphatic rings. The minimum atomic E-state index is 0.611. The van der Waals surface area contributed by atoms with Crippen LogP contribution >= 0.6 is 0 Å². The quantitative estimate of drug-likeness (QED) is 0.874. The van der Waals surface area contributed by atoms with Crippen molar-refractivity contribution >= 4 is 5.82 Å². The smallest absolute Gasteiger partial charge is 0.121 e. The zero-order valence-electron chi connectivity index (χ0n) is 10.2. The maximum absolute atomic E-state index is 5.70. The first-order valence-corrected chi connectivity index (χ1v) is 5.63. The van der Waals surface area contributed by atoms with Crippen LogP contribution in [-0.4, -0.2) is 16.4 Å². The fourth-order valence-electron chi connectivity index (χ4n) is 1.64. The molecule has 0 atom stereocenters. The molecule has 17 heavy (non-hydrogen) atoms. The Kier molecular flexibility index (Phi) is 3.32. The second-order valence-corrected chi connectivity index (χ2v) is 4.10. The second kappa shape index (κ2) is 4.91. The summed E-state index contributed by atoms with van der Waals surface area (Å²) in [5, 5.41) is 4.27. The lowest BCUT2D eigenvalue weighted by Gasteiger charge is -2.05. The van der Waals surface area contributed by atoms with Crippen LogP contribution in [0.5, 0.6) is 5.75 Å². The van der Waals surface area contributed by atoms with E-state index < -0.39 is 0 Å². The van der Waals surface area contributed by atoms with Gasteiger partial charge in [-0.15, -0.1) is 0 Å². The number of benzene rings is 1. The third-order valence-electron chi connectivity index (χ3n) is 2.58. The Hall–Kier alpha value is -1.97. The number of aromatic nitrogens is 2. The first-order chi connectivity index (χ1) is 8.15. The highest BCUT2D eigenvalue weighted by atomic mass is 16.5. The molecule has 1 heterocycles. The van der Waals surface area contributed by atoms with Crippen LogP contribution in [0.4, 0.5) is 5.82 Å². The van der Waals surface area contributed by atoms with Gasteiger partial charge >= 0.3 is 0 Å². The van der Waals surface area contributed by atoms with Crippen LogP contribution in [0, 0.1) is 6.92 Å². The van der Waals surface area contributed by atoms with Gasteiger partial charge in [-0.3, -0.25) is 4.68 Å². The zero-order valence-corrected chi connectivity index (χ0v) is 10.2. The molecule has 0 saturated heterocycles. The van der Waals surface area contributed by atoms with Crippen molar-refractivity contribution in [2.24, 2.45) is 7.05 Å². The van der Waals surface area contributed by atoms with Gasteiger partial charge in [0.25, 0.3) is 0 Å². The van der Waals surface area contributed by atoms with Gasteiger partial charge < -0.3 is 10.5 Å². The molecule has 0 radical (unpaired) electrons. The minimum Gasteiger partial charge on any atom is -0.493 e. The molecule has 4 heteroatoms. The van der Waals surface area contributed by atoms with Crippen LogP contribution in [0.25, 0.3) is 0 Å². The number of anilines is 1. The SMILES string of the molecule is Cc1cccc(OCCc2cc(N)n(C)n2)c1. The van der Waals surface area contributed by atoms with Crippen molar-refractivity contribution in [2.45, 2.75) is 13.3 Å². The van der Waals surface area contributed by atoms with E-state index in [-0.39, 0.29) is 0 Å². The summed E-state index contributed by atoms with van der Waals surface area (Å²) >= 11 is 0. The standard InChI is InChI=1S/C13H17N3O/c1-10-4-3-5-12(8-10)17-7-6-11-9-13(14)16(2)15-11/h3-5,8-9H,6-7,14H2,1-2H3. The number of rotatable bonds is 4. The molecule has 0 bridgehead atoms. The number of nitrogen functional groups attached to an aromatic ring is 1. The lowest BCUT2D eigenvalue weighted by atomic mass is 10.2. The van der Waals surface area contributed by atoms with E-state index >= 15 is 0 Å². The molecule has 0 aliphatic heterocycles. The Morgan fingerprint density at radius 2 is 2.18 bits per heavy atom. The number of hydrogen-bond donors (Lipinski definition) is 1. The fourth-order valence-corrected chi connectivity index (χ4v) is 1.64. The molecule has 1 aromatic carbocycles. The van der Waals surface area contributed by atoms with Gasteiger partial charge in [-0.2, -0.15) is 5.10 Å². The zero-order chi connectivity index (χ0) is 12.3. The number of ether oxygens (including phenoxy) is 1. The number of aryl methyl sites for hydroxylation is 2. The van der Waals surface area contributed by atoms with Crippen LogP contribution in [0.2, 0.25) is 0 Å². The number of nitrogens with two attached hydrogens (primary N) is 1. The monoisotopic (exact) mass is 231 g/mol. The third-order valence-corrected chi connectivity index (χ3v) is 2.58. The van der Waals surface area contributed by atoms with Gasteiger partial charge in [0.1, 0.15) is 11.6 Å². The van der Waals surface area contributed by atoms with Gasteiger partial charge in [-0.1, -0.05) is 12.1 Å². The molecule has 0 fully saturated rings. The summed E-state index contributed by atoms with van der Waals surface area (Å²) in [5.74, 6) is 1.57. The Morgan fingerprint density at radius 3 is 2.82 bits per heavy atom. The average molecular weight is 231 g/mol. The summed E-state index contributed by atoms with van der Waals surface area (Å²) in [6.45, 7) is 2.66. The molecule has 2 aromatic rings. The first kappa shape index (κ1) is 11.5. The lowest BCUT2D eigenvalue weighted by molar-refractivity contribution is 0.320. The molecule has 0 saturated carbocycles. The van der Waals surface area contributed by atoms with Gasteiger partial charge in [-0.25, -0.2) is 0 Å². The van der Waals surface area contributed by atoms with Crippen molar-refractivity contribution in [1.29, 1.82) is 0 Å². The predicted molar refractivity (Wildman–Crippen MR) is 68.0 cm³/mol. The van der Waals surface area contributed by atoms with Crippen LogP contribution in [0.3, 0.4) is 0 Å². The van der Waals surface area contributed by atoms with Gasteiger partial charge in [0.2, 0.25) is 0 Å². The van der Waals surface area contributed by atoms with Crippen molar-refractivity contribution in [3.8, 4) is 5.75 Å². The summed E-state index contributed by atoms with van der Waals surface area (Å²) in [7, 11) is 1.83. The van der Waals surface area contributed by atoms with E-state index in [0.717, 1.165) is 17.9 Å². The van der Waals surface area contributed by atoms with Crippen molar-refractivity contribution in [3.05, 3.63) is 41.6 Å². The minimum absolute atomic E-state index is 0.611. The first-order valence-electron chi connectivity index (χ1n) is 5.63. The van der Waals surface area contributed by atoms with Crippen molar-refractivity contribution < 1.29 is 4.74 Å². The van der Waals surface area contributed by atoms with E-state index in [1.54, 1.807) is 4.68 Å². The maximum Gasteiger partial charge on any atom is 0.121 e. The van der Waals surface area contributed by atoms with E-state index in [4.69, 9.17) is 10.5 Å². The molecule has 1 aromatic heterocycles. The predicted octanol–water partition coefficient (Wildman–Crippen LogP) is 1.93. The molecule has 0 unspecified atom stereocenters. The Bertz CT molecular complexity index is 486. The van der Waals surface area contributed by atoms with Crippen LogP contribution in [-0.2, 0) is 13.5 Å². The Morgan fingerprint density at radius 1 is 1.35 bits per heavy atom. The Balaban J connectivity index is 1.87. The molecular weight excluding hydrogens is 214 g/mol. The van der Waals surface area contributed by atoms with Crippen molar-refractivity contribution in [3.63, 3.8) is 0 Å². The van der Waals surface area contributed by atoms with E-state index in [2.05, 4.69) is 5.10 Å². The highest BCUT2D eigenvalue weighted by molar-refractivity contribution is 5.30. The molecule has 2 rings (SSSR count). The normalized spacial score (nSPS) is 10.5. The van der Waals surface area contributed by atoms with Crippen molar-refractivity contribution in [2.75, 3.05) is 12.3 Å². The van der Waals surface area contributed by atoms with E-state index in [9.17, 15) is 0 Å². The fraction of sp³-hybridized carbons (Fsp3) is 0.308.